The first-order chi connectivity index (χ1) is 8.63. The average Bonchev–Trinajstić information content (AvgIpc) is 2.71. The third kappa shape index (κ3) is 2.00. The maximum absolute atomic E-state index is 13.8. The molecular weight excluding hydrogens is 315 g/mol. The normalized spacial score (nSPS) is 11.0. The predicted molar refractivity (Wildman–Crippen MR) is 77.1 cm³/mol. The Hall–Kier alpha value is -1.46. The highest BCUT2D eigenvalue weighted by molar-refractivity contribution is 9.10. The van der Waals surface area contributed by atoms with E-state index in [4.69, 9.17) is 5.73 Å². The van der Waals surface area contributed by atoms with Gasteiger partial charge in [0.2, 0.25) is 0 Å². The number of hydrogen-bond donors (Lipinski definition) is 1. The molecular formula is C13H8BrFN2S. The van der Waals surface area contributed by atoms with Crippen LogP contribution in [0.1, 0.15) is 0 Å². The third-order valence-corrected chi connectivity index (χ3v) is 4.14. The van der Waals surface area contributed by atoms with Crippen LogP contribution in [-0.2, 0) is 0 Å². The molecule has 0 radical (unpaired) electrons. The molecule has 90 valence electrons. The minimum absolute atomic E-state index is 0.340. The van der Waals surface area contributed by atoms with Crippen molar-refractivity contribution in [2.24, 2.45) is 0 Å². The van der Waals surface area contributed by atoms with Gasteiger partial charge in [-0.15, -0.1) is 11.3 Å². The number of aromatic nitrogens is 1. The standard InChI is InChI=1S/C13H8BrFN2S/c14-7-1-4-12-11(5-7)17-13(18-12)9-3-2-8(16)6-10(9)15/h1-6H,16H2. The highest BCUT2D eigenvalue weighted by Gasteiger charge is 2.11. The Kier molecular flexibility index (Phi) is 2.80. The zero-order valence-corrected chi connectivity index (χ0v) is 11.6. The van der Waals surface area contributed by atoms with E-state index in [2.05, 4.69) is 20.9 Å². The molecule has 3 rings (SSSR count). The largest absolute Gasteiger partial charge is 0.399 e. The van der Waals surface area contributed by atoms with E-state index in [-0.39, 0.29) is 5.82 Å². The summed E-state index contributed by atoms with van der Waals surface area (Å²) in [7, 11) is 0. The van der Waals surface area contributed by atoms with Crippen LogP contribution < -0.4 is 5.73 Å². The van der Waals surface area contributed by atoms with Crippen molar-refractivity contribution in [2.45, 2.75) is 0 Å². The fourth-order valence-electron chi connectivity index (χ4n) is 1.72. The van der Waals surface area contributed by atoms with Crippen molar-refractivity contribution in [1.82, 2.24) is 4.98 Å². The number of hydrogen-bond acceptors (Lipinski definition) is 3. The topological polar surface area (TPSA) is 38.9 Å². The molecule has 2 nitrogen and oxygen atoms in total. The number of nitrogen functional groups attached to an aromatic ring is 1. The Balaban J connectivity index is 2.19. The van der Waals surface area contributed by atoms with Crippen molar-refractivity contribution in [3.63, 3.8) is 0 Å². The lowest BCUT2D eigenvalue weighted by molar-refractivity contribution is 0.632. The first kappa shape index (κ1) is 11.6. The minimum Gasteiger partial charge on any atom is -0.399 e. The molecule has 0 aliphatic rings. The maximum Gasteiger partial charge on any atom is 0.135 e. The smallest absolute Gasteiger partial charge is 0.135 e. The van der Waals surface area contributed by atoms with Crippen LogP contribution in [0.4, 0.5) is 10.1 Å². The number of anilines is 1. The van der Waals surface area contributed by atoms with E-state index in [0.717, 1.165) is 14.7 Å². The molecule has 0 amide bonds. The molecule has 1 aromatic heterocycles. The summed E-state index contributed by atoms with van der Waals surface area (Å²) in [5.41, 5.74) is 7.30. The van der Waals surface area contributed by atoms with Gasteiger partial charge >= 0.3 is 0 Å². The molecule has 0 spiro atoms. The van der Waals surface area contributed by atoms with Crippen LogP contribution in [0.3, 0.4) is 0 Å². The fraction of sp³-hybridized carbons (Fsp3) is 0. The molecule has 0 aliphatic carbocycles. The molecule has 0 atom stereocenters. The molecule has 5 heteroatoms. The zero-order chi connectivity index (χ0) is 12.7. The summed E-state index contributed by atoms with van der Waals surface area (Å²) >= 11 is 4.86. The summed E-state index contributed by atoms with van der Waals surface area (Å²) in [5, 5.41) is 0.667. The summed E-state index contributed by atoms with van der Waals surface area (Å²) in [5.74, 6) is -0.340. The van der Waals surface area contributed by atoms with Crippen LogP contribution in [-0.4, -0.2) is 4.98 Å². The van der Waals surface area contributed by atoms with Gasteiger partial charge in [-0.3, -0.25) is 0 Å². The third-order valence-electron chi connectivity index (χ3n) is 2.57. The van der Waals surface area contributed by atoms with Crippen molar-refractivity contribution >= 4 is 43.2 Å². The van der Waals surface area contributed by atoms with E-state index in [9.17, 15) is 4.39 Å². The summed E-state index contributed by atoms with van der Waals surface area (Å²) < 4.78 is 15.8. The quantitative estimate of drug-likeness (QED) is 0.672. The van der Waals surface area contributed by atoms with Crippen molar-refractivity contribution < 1.29 is 4.39 Å². The first-order valence-electron chi connectivity index (χ1n) is 5.25. The monoisotopic (exact) mass is 322 g/mol. The molecule has 1 heterocycles. The number of thiazole rings is 1. The van der Waals surface area contributed by atoms with Crippen molar-refractivity contribution in [2.75, 3.05) is 5.73 Å². The van der Waals surface area contributed by atoms with Gasteiger partial charge in [-0.05, 0) is 36.4 Å². The van der Waals surface area contributed by atoms with Gasteiger partial charge in [0.15, 0.2) is 0 Å². The lowest BCUT2D eigenvalue weighted by Crippen LogP contribution is -1.88. The molecule has 2 aromatic carbocycles. The van der Waals surface area contributed by atoms with E-state index in [1.807, 2.05) is 18.2 Å². The van der Waals surface area contributed by atoms with E-state index in [1.165, 1.54) is 17.4 Å². The van der Waals surface area contributed by atoms with E-state index in [1.54, 1.807) is 12.1 Å². The molecule has 0 aliphatic heterocycles. The van der Waals surface area contributed by atoms with Gasteiger partial charge in [0.1, 0.15) is 10.8 Å². The summed E-state index contributed by atoms with van der Waals surface area (Å²) in [6.07, 6.45) is 0. The van der Waals surface area contributed by atoms with E-state index >= 15 is 0 Å². The molecule has 3 aromatic rings. The van der Waals surface area contributed by atoms with Gasteiger partial charge in [-0.1, -0.05) is 15.9 Å². The Bertz CT molecular complexity index is 739. The maximum atomic E-state index is 13.8. The molecule has 0 saturated heterocycles. The van der Waals surface area contributed by atoms with E-state index < -0.39 is 0 Å². The van der Waals surface area contributed by atoms with Gasteiger partial charge in [0, 0.05) is 15.7 Å². The SMILES string of the molecule is Nc1ccc(-c2nc3cc(Br)ccc3s2)c(F)c1. The van der Waals surface area contributed by atoms with Crippen molar-refractivity contribution in [3.05, 3.63) is 46.7 Å². The lowest BCUT2D eigenvalue weighted by atomic mass is 10.2. The van der Waals surface area contributed by atoms with Gasteiger partial charge in [-0.2, -0.15) is 0 Å². The average molecular weight is 323 g/mol. The van der Waals surface area contributed by atoms with Crippen molar-refractivity contribution in [3.8, 4) is 10.6 Å². The Morgan fingerprint density at radius 1 is 1.17 bits per heavy atom. The first-order valence-corrected chi connectivity index (χ1v) is 6.86. The van der Waals surface area contributed by atoms with Gasteiger partial charge in [-0.25, -0.2) is 9.37 Å². The Morgan fingerprint density at radius 3 is 2.78 bits per heavy atom. The molecule has 0 bridgehead atoms. The van der Waals surface area contributed by atoms with Crippen LogP contribution in [0.5, 0.6) is 0 Å². The molecule has 18 heavy (non-hydrogen) atoms. The van der Waals surface area contributed by atoms with Crippen LogP contribution in [0, 0.1) is 5.82 Å². The number of nitrogens with two attached hydrogens (primary N) is 1. The highest BCUT2D eigenvalue weighted by atomic mass is 79.9. The Morgan fingerprint density at radius 2 is 2.00 bits per heavy atom. The second-order valence-corrected chi connectivity index (χ2v) is 5.82. The number of halogens is 2. The zero-order valence-electron chi connectivity index (χ0n) is 9.15. The number of benzene rings is 2. The van der Waals surface area contributed by atoms with E-state index in [0.29, 0.717) is 16.3 Å². The number of fused-ring (bicyclic) bond motifs is 1. The van der Waals surface area contributed by atoms with Crippen LogP contribution >= 0.6 is 27.3 Å². The predicted octanol–water partition coefficient (Wildman–Crippen LogP) is 4.45. The minimum atomic E-state index is -0.340. The molecule has 0 unspecified atom stereocenters. The van der Waals surface area contributed by atoms with Gasteiger partial charge in [0.25, 0.3) is 0 Å². The second kappa shape index (κ2) is 4.33. The summed E-state index contributed by atoms with van der Waals surface area (Å²) in [6, 6.07) is 10.5. The lowest BCUT2D eigenvalue weighted by Gasteiger charge is -1.99. The fourth-order valence-corrected chi connectivity index (χ4v) is 3.04. The van der Waals surface area contributed by atoms with Crippen LogP contribution in [0.15, 0.2) is 40.9 Å². The number of nitrogens with zero attached hydrogens (tertiary/aromatic N) is 1. The van der Waals surface area contributed by atoms with Gasteiger partial charge in [0.05, 0.1) is 10.2 Å². The number of rotatable bonds is 1. The molecule has 0 saturated carbocycles. The highest BCUT2D eigenvalue weighted by Crippen LogP contribution is 2.33. The van der Waals surface area contributed by atoms with Crippen molar-refractivity contribution in [1.29, 1.82) is 0 Å². The van der Waals surface area contributed by atoms with Crippen LogP contribution in [0.2, 0.25) is 0 Å². The van der Waals surface area contributed by atoms with Gasteiger partial charge < -0.3 is 5.73 Å². The second-order valence-electron chi connectivity index (χ2n) is 3.87. The summed E-state index contributed by atoms with van der Waals surface area (Å²) in [6.45, 7) is 0. The Labute approximate surface area is 115 Å². The molecule has 2 N–H and O–H groups in total. The van der Waals surface area contributed by atoms with Crippen LogP contribution in [0.25, 0.3) is 20.8 Å². The summed E-state index contributed by atoms with van der Waals surface area (Å²) in [4.78, 5) is 4.44. The molecule has 0 fully saturated rings.